The van der Waals surface area contributed by atoms with Crippen molar-refractivity contribution in [1.29, 1.82) is 0 Å². The highest BCUT2D eigenvalue weighted by Crippen LogP contribution is 2.27. The summed E-state index contributed by atoms with van der Waals surface area (Å²) in [5, 5.41) is 4.02. The first kappa shape index (κ1) is 21.0. The molecule has 8 heteroatoms. The minimum Gasteiger partial charge on any atom is -0.361 e. The Morgan fingerprint density at radius 3 is 2.61 bits per heavy atom. The normalized spacial score (nSPS) is 25.0. The van der Waals surface area contributed by atoms with Crippen molar-refractivity contribution in [2.24, 2.45) is 5.92 Å². The van der Waals surface area contributed by atoms with Gasteiger partial charge < -0.3 is 9.42 Å². The fourth-order valence-electron chi connectivity index (χ4n) is 4.01. The number of amides is 1. The largest absolute Gasteiger partial charge is 0.361 e. The number of piperidine rings is 1. The molecule has 2 fully saturated rings. The number of ketones is 1. The zero-order valence-corrected chi connectivity index (χ0v) is 17.8. The van der Waals surface area contributed by atoms with Crippen molar-refractivity contribution >= 4 is 21.5 Å². The maximum Gasteiger partial charge on any atom is 0.223 e. The highest BCUT2D eigenvalue weighted by molar-refractivity contribution is 7.91. The van der Waals surface area contributed by atoms with E-state index in [1.54, 1.807) is 4.90 Å². The van der Waals surface area contributed by atoms with E-state index in [9.17, 15) is 18.0 Å². The van der Waals surface area contributed by atoms with E-state index in [0.717, 1.165) is 18.6 Å². The second-order valence-corrected chi connectivity index (χ2v) is 11.4. The molecule has 0 radical (unpaired) electrons. The maximum absolute atomic E-state index is 12.9. The van der Waals surface area contributed by atoms with E-state index < -0.39 is 15.9 Å². The number of nitrogens with zero attached hydrogens (tertiary/aromatic N) is 2. The fourth-order valence-corrected chi connectivity index (χ4v) is 5.87. The highest BCUT2D eigenvalue weighted by atomic mass is 32.2. The third-order valence-electron chi connectivity index (χ3n) is 5.64. The lowest BCUT2D eigenvalue weighted by Crippen LogP contribution is -2.49. The third kappa shape index (κ3) is 5.01. The number of aromatic nitrogens is 1. The molecule has 2 saturated heterocycles. The SMILES string of the molecule is CC(C)(C)c1cc(CC(=O)[C@@H]2CCCCN2C(=O)CC2CCS(=O)(=O)C2)no1. The van der Waals surface area contributed by atoms with Crippen LogP contribution in [-0.2, 0) is 31.3 Å². The fraction of sp³-hybridized carbons (Fsp3) is 0.750. The monoisotopic (exact) mass is 410 g/mol. The minimum absolute atomic E-state index is 0.0270. The van der Waals surface area contributed by atoms with E-state index in [1.165, 1.54) is 0 Å². The summed E-state index contributed by atoms with van der Waals surface area (Å²) in [6, 6.07) is 1.37. The predicted octanol–water partition coefficient (Wildman–Crippen LogP) is 2.29. The van der Waals surface area contributed by atoms with Crippen molar-refractivity contribution in [3.05, 3.63) is 17.5 Å². The number of hydrogen-bond acceptors (Lipinski definition) is 6. The van der Waals surface area contributed by atoms with Gasteiger partial charge in [0.1, 0.15) is 5.76 Å². The molecule has 1 aromatic heterocycles. The van der Waals surface area contributed by atoms with Gasteiger partial charge >= 0.3 is 0 Å². The molecule has 7 nitrogen and oxygen atoms in total. The molecule has 2 atom stereocenters. The third-order valence-corrected chi connectivity index (χ3v) is 7.48. The molecule has 3 rings (SSSR count). The Hall–Kier alpha value is -1.70. The summed E-state index contributed by atoms with van der Waals surface area (Å²) in [6.07, 6.45) is 3.32. The Labute approximate surface area is 166 Å². The highest BCUT2D eigenvalue weighted by Gasteiger charge is 2.36. The van der Waals surface area contributed by atoms with Crippen LogP contribution in [-0.4, -0.2) is 54.3 Å². The summed E-state index contributed by atoms with van der Waals surface area (Å²) in [5.74, 6) is 0.723. The molecule has 0 aliphatic carbocycles. The lowest BCUT2D eigenvalue weighted by Gasteiger charge is -2.35. The van der Waals surface area contributed by atoms with Crippen LogP contribution < -0.4 is 0 Å². The van der Waals surface area contributed by atoms with E-state index in [2.05, 4.69) is 5.16 Å². The van der Waals surface area contributed by atoms with Crippen LogP contribution in [0.15, 0.2) is 10.6 Å². The van der Waals surface area contributed by atoms with E-state index >= 15 is 0 Å². The van der Waals surface area contributed by atoms with Crippen LogP contribution >= 0.6 is 0 Å². The average Bonchev–Trinajstić information content (AvgIpc) is 3.21. The maximum atomic E-state index is 12.9. The second-order valence-electron chi connectivity index (χ2n) is 9.15. The molecule has 1 unspecified atom stereocenters. The van der Waals surface area contributed by atoms with Gasteiger partial charge in [0.15, 0.2) is 15.6 Å². The topological polar surface area (TPSA) is 97.6 Å². The van der Waals surface area contributed by atoms with Gasteiger partial charge in [0.25, 0.3) is 0 Å². The summed E-state index contributed by atoms with van der Waals surface area (Å²) in [5.41, 5.74) is 0.415. The van der Waals surface area contributed by atoms with Gasteiger partial charge in [0, 0.05) is 24.4 Å². The van der Waals surface area contributed by atoms with Gasteiger partial charge in [-0.1, -0.05) is 25.9 Å². The molecule has 2 aliphatic rings. The van der Waals surface area contributed by atoms with Crippen LogP contribution in [0.2, 0.25) is 0 Å². The summed E-state index contributed by atoms with van der Waals surface area (Å²) in [4.78, 5) is 27.4. The Kier molecular flexibility index (Phi) is 5.98. The summed E-state index contributed by atoms with van der Waals surface area (Å²) in [7, 11) is -3.01. The molecule has 0 bridgehead atoms. The van der Waals surface area contributed by atoms with Crippen LogP contribution in [0.1, 0.15) is 64.3 Å². The number of hydrogen-bond donors (Lipinski definition) is 0. The molecule has 1 amide bonds. The van der Waals surface area contributed by atoms with Crippen LogP contribution in [0.4, 0.5) is 0 Å². The predicted molar refractivity (Wildman–Crippen MR) is 105 cm³/mol. The number of likely N-dealkylation sites (tertiary alicyclic amines) is 1. The van der Waals surface area contributed by atoms with E-state index in [0.29, 0.717) is 25.1 Å². The minimum atomic E-state index is -3.01. The standard InChI is InChI=1S/C20H30N2O5S/c1-20(2,3)18-12-15(21-27-18)11-17(23)16-6-4-5-8-22(16)19(24)10-14-7-9-28(25,26)13-14/h12,14,16H,4-11,13H2,1-3H3/t14?,16-/m0/s1. The number of sulfone groups is 1. The zero-order valence-electron chi connectivity index (χ0n) is 16.9. The molecule has 28 heavy (non-hydrogen) atoms. The van der Waals surface area contributed by atoms with Gasteiger partial charge in [-0.25, -0.2) is 8.42 Å². The van der Waals surface area contributed by atoms with Crippen molar-refractivity contribution < 1.29 is 22.5 Å². The molecule has 0 spiro atoms. The van der Waals surface area contributed by atoms with Crippen molar-refractivity contribution in [3.63, 3.8) is 0 Å². The van der Waals surface area contributed by atoms with Crippen LogP contribution in [0, 0.1) is 5.92 Å². The molecule has 0 aromatic carbocycles. The zero-order chi connectivity index (χ0) is 20.5. The lowest BCUT2D eigenvalue weighted by atomic mass is 9.92. The quantitative estimate of drug-likeness (QED) is 0.739. The van der Waals surface area contributed by atoms with Crippen molar-refractivity contribution in [2.75, 3.05) is 18.1 Å². The van der Waals surface area contributed by atoms with E-state index in [-0.39, 0.29) is 47.4 Å². The molecule has 3 heterocycles. The molecule has 156 valence electrons. The Balaban J connectivity index is 1.64. The van der Waals surface area contributed by atoms with Gasteiger partial charge in [-0.3, -0.25) is 9.59 Å². The molecular weight excluding hydrogens is 380 g/mol. The first-order chi connectivity index (χ1) is 13.0. The molecule has 1 aromatic rings. The van der Waals surface area contributed by atoms with Crippen LogP contribution in [0.5, 0.6) is 0 Å². The molecular formula is C20H30N2O5S. The van der Waals surface area contributed by atoms with E-state index in [4.69, 9.17) is 4.52 Å². The van der Waals surface area contributed by atoms with Crippen molar-refractivity contribution in [3.8, 4) is 0 Å². The van der Waals surface area contributed by atoms with Gasteiger partial charge in [-0.05, 0) is 31.6 Å². The van der Waals surface area contributed by atoms with Crippen LogP contribution in [0.25, 0.3) is 0 Å². The number of rotatable bonds is 5. The average molecular weight is 411 g/mol. The Morgan fingerprint density at radius 1 is 1.25 bits per heavy atom. The lowest BCUT2D eigenvalue weighted by molar-refractivity contribution is -0.141. The summed E-state index contributed by atoms with van der Waals surface area (Å²) < 4.78 is 28.7. The van der Waals surface area contributed by atoms with Crippen molar-refractivity contribution in [2.45, 2.75) is 70.8 Å². The first-order valence-corrected chi connectivity index (χ1v) is 11.9. The number of Topliss-reactive ketones (excluding diaryl/α,β-unsaturated/α-hetero) is 1. The second kappa shape index (κ2) is 7.97. The van der Waals surface area contributed by atoms with Gasteiger partial charge in [0.2, 0.25) is 5.91 Å². The Bertz CT molecular complexity index is 837. The molecule has 0 saturated carbocycles. The van der Waals surface area contributed by atoms with Gasteiger partial charge in [-0.2, -0.15) is 0 Å². The number of carbonyl (C=O) groups excluding carboxylic acids is 2. The number of carbonyl (C=O) groups is 2. The van der Waals surface area contributed by atoms with E-state index in [1.807, 2.05) is 26.8 Å². The van der Waals surface area contributed by atoms with Crippen molar-refractivity contribution in [1.82, 2.24) is 10.1 Å². The summed E-state index contributed by atoms with van der Waals surface area (Å²) in [6.45, 7) is 6.61. The smallest absolute Gasteiger partial charge is 0.223 e. The summed E-state index contributed by atoms with van der Waals surface area (Å²) >= 11 is 0. The molecule has 2 aliphatic heterocycles. The Morgan fingerprint density at radius 2 is 2.00 bits per heavy atom. The first-order valence-electron chi connectivity index (χ1n) is 10.0. The van der Waals surface area contributed by atoms with Gasteiger partial charge in [0.05, 0.1) is 29.7 Å². The van der Waals surface area contributed by atoms with Gasteiger partial charge in [-0.15, -0.1) is 0 Å². The van der Waals surface area contributed by atoms with Crippen LogP contribution in [0.3, 0.4) is 0 Å². The molecule has 0 N–H and O–H groups in total.